The highest BCUT2D eigenvalue weighted by molar-refractivity contribution is 5.52. The second-order valence-electron chi connectivity index (χ2n) is 6.88. The molecule has 0 spiro atoms. The summed E-state index contributed by atoms with van der Waals surface area (Å²) >= 11 is 0. The second kappa shape index (κ2) is 7.02. The van der Waals surface area contributed by atoms with Gasteiger partial charge in [-0.25, -0.2) is 8.78 Å². The van der Waals surface area contributed by atoms with Crippen LogP contribution in [0.15, 0.2) is 24.3 Å². The number of benzene rings is 1. The Morgan fingerprint density at radius 3 is 2.75 bits per heavy atom. The number of nitrogens with zero attached hydrogens (tertiary/aromatic N) is 5. The first kappa shape index (κ1) is 18.1. The van der Waals surface area contributed by atoms with Crippen LogP contribution in [0.3, 0.4) is 0 Å². The monoisotopic (exact) mass is 386 g/mol. The van der Waals surface area contributed by atoms with Crippen molar-refractivity contribution in [1.29, 1.82) is 0 Å². The zero-order valence-electron chi connectivity index (χ0n) is 15.4. The van der Waals surface area contributed by atoms with Crippen LogP contribution in [0.2, 0.25) is 0 Å². The van der Waals surface area contributed by atoms with Crippen molar-refractivity contribution >= 4 is 23.7 Å². The standard InChI is InChI=1S/C18H20F2N8/c1-9(12-7-11(19)5-6-13(12)20)28(2)18-24-16(21)23-17(25-18)22-15-8-14(26-27-15)10-3-4-10/h5-10H,3-4H2,1-2H3,(H4,21,22,23,24,25,26,27). The first-order chi connectivity index (χ1) is 13.4. The molecule has 1 aliphatic carbocycles. The minimum atomic E-state index is -0.530. The van der Waals surface area contributed by atoms with Crippen LogP contribution in [0, 0.1) is 11.6 Å². The molecule has 0 amide bonds. The molecule has 2 heterocycles. The third-order valence-corrected chi connectivity index (χ3v) is 4.80. The summed E-state index contributed by atoms with van der Waals surface area (Å²) in [5, 5.41) is 10.2. The highest BCUT2D eigenvalue weighted by Gasteiger charge is 2.26. The van der Waals surface area contributed by atoms with Crippen LogP contribution in [0.4, 0.5) is 32.4 Å². The third-order valence-electron chi connectivity index (χ3n) is 4.80. The zero-order chi connectivity index (χ0) is 19.8. The maximum absolute atomic E-state index is 14.1. The number of H-pyrrole nitrogens is 1. The van der Waals surface area contributed by atoms with Gasteiger partial charge in [-0.3, -0.25) is 5.10 Å². The molecular formula is C18H20F2N8. The summed E-state index contributed by atoms with van der Waals surface area (Å²) in [5.41, 5.74) is 7.07. The normalized spacial score (nSPS) is 14.7. The van der Waals surface area contributed by atoms with Gasteiger partial charge in [-0.1, -0.05) is 0 Å². The van der Waals surface area contributed by atoms with Gasteiger partial charge >= 0.3 is 0 Å². The molecule has 0 bridgehead atoms. The first-order valence-electron chi connectivity index (χ1n) is 8.92. The van der Waals surface area contributed by atoms with Crippen molar-refractivity contribution in [2.24, 2.45) is 0 Å². The molecule has 0 radical (unpaired) electrons. The summed E-state index contributed by atoms with van der Waals surface area (Å²) in [6.45, 7) is 1.72. The lowest BCUT2D eigenvalue weighted by Crippen LogP contribution is -2.25. The van der Waals surface area contributed by atoms with Crippen molar-refractivity contribution < 1.29 is 8.78 Å². The Hall–Kier alpha value is -3.30. The molecule has 146 valence electrons. The lowest BCUT2D eigenvalue weighted by molar-refractivity contribution is 0.563. The number of rotatable bonds is 6. The van der Waals surface area contributed by atoms with E-state index in [1.54, 1.807) is 18.9 Å². The predicted octanol–water partition coefficient (Wildman–Crippen LogP) is 3.27. The van der Waals surface area contributed by atoms with Crippen molar-refractivity contribution in [3.63, 3.8) is 0 Å². The highest BCUT2D eigenvalue weighted by atomic mass is 19.1. The Morgan fingerprint density at radius 1 is 1.21 bits per heavy atom. The number of aromatic nitrogens is 5. The summed E-state index contributed by atoms with van der Waals surface area (Å²) in [6.07, 6.45) is 2.31. The fraction of sp³-hybridized carbons (Fsp3) is 0.333. The van der Waals surface area contributed by atoms with Gasteiger partial charge in [0.1, 0.15) is 11.6 Å². The van der Waals surface area contributed by atoms with E-state index in [0.717, 1.165) is 36.7 Å². The van der Waals surface area contributed by atoms with E-state index in [1.165, 1.54) is 0 Å². The molecule has 8 nitrogen and oxygen atoms in total. The summed E-state index contributed by atoms with van der Waals surface area (Å²) in [7, 11) is 1.67. The Kier molecular flexibility index (Phi) is 4.54. The summed E-state index contributed by atoms with van der Waals surface area (Å²) < 4.78 is 27.7. The van der Waals surface area contributed by atoms with Crippen LogP contribution < -0.4 is 16.0 Å². The van der Waals surface area contributed by atoms with Crippen LogP contribution in [-0.2, 0) is 0 Å². The van der Waals surface area contributed by atoms with Gasteiger partial charge in [-0.2, -0.15) is 20.1 Å². The first-order valence-corrected chi connectivity index (χ1v) is 8.92. The van der Waals surface area contributed by atoms with E-state index < -0.39 is 17.7 Å². The van der Waals surface area contributed by atoms with E-state index in [4.69, 9.17) is 5.73 Å². The Bertz CT molecular complexity index is 1000. The Balaban J connectivity index is 1.57. The van der Waals surface area contributed by atoms with E-state index in [2.05, 4.69) is 30.5 Å². The molecule has 3 aromatic rings. The van der Waals surface area contributed by atoms with Gasteiger partial charge < -0.3 is 16.0 Å². The van der Waals surface area contributed by atoms with Crippen LogP contribution in [-0.4, -0.2) is 32.2 Å². The minimum absolute atomic E-state index is 0.00390. The Morgan fingerprint density at radius 2 is 2.00 bits per heavy atom. The molecule has 0 aliphatic heterocycles. The topological polar surface area (TPSA) is 109 Å². The van der Waals surface area contributed by atoms with Crippen molar-refractivity contribution in [3.05, 3.63) is 47.2 Å². The molecule has 28 heavy (non-hydrogen) atoms. The lowest BCUT2D eigenvalue weighted by Gasteiger charge is -2.25. The number of hydrogen-bond donors (Lipinski definition) is 3. The average Bonchev–Trinajstić information content (AvgIpc) is 3.41. The van der Waals surface area contributed by atoms with Crippen molar-refractivity contribution in [2.75, 3.05) is 23.0 Å². The molecule has 2 aromatic heterocycles. The van der Waals surface area contributed by atoms with Crippen LogP contribution in [0.1, 0.15) is 43.0 Å². The number of halogens is 2. The van der Waals surface area contributed by atoms with Crippen LogP contribution in [0.25, 0.3) is 0 Å². The van der Waals surface area contributed by atoms with Crippen molar-refractivity contribution in [1.82, 2.24) is 25.1 Å². The van der Waals surface area contributed by atoms with Gasteiger partial charge in [-0.15, -0.1) is 0 Å². The number of nitrogens with one attached hydrogen (secondary N) is 2. The maximum Gasteiger partial charge on any atom is 0.235 e. The van der Waals surface area contributed by atoms with Crippen molar-refractivity contribution in [2.45, 2.75) is 31.7 Å². The minimum Gasteiger partial charge on any atom is -0.368 e. The number of aromatic amines is 1. The third kappa shape index (κ3) is 3.71. The Labute approximate surface area is 160 Å². The molecule has 10 heteroatoms. The fourth-order valence-corrected chi connectivity index (χ4v) is 2.93. The molecule has 4 rings (SSSR count). The largest absolute Gasteiger partial charge is 0.368 e. The SMILES string of the molecule is CC(c1cc(F)ccc1F)N(C)c1nc(N)nc(Nc2cc(C3CC3)[nH]n2)n1. The highest BCUT2D eigenvalue weighted by Crippen LogP contribution is 2.39. The van der Waals surface area contributed by atoms with Gasteiger partial charge in [0.05, 0.1) is 6.04 Å². The van der Waals surface area contributed by atoms with Crippen molar-refractivity contribution in [3.8, 4) is 0 Å². The number of hydrogen-bond acceptors (Lipinski definition) is 7. The smallest absolute Gasteiger partial charge is 0.235 e. The summed E-state index contributed by atoms with van der Waals surface area (Å²) in [4.78, 5) is 14.1. The number of nitrogen functional groups attached to an aromatic ring is 1. The van der Waals surface area contributed by atoms with Gasteiger partial charge in [0.2, 0.25) is 17.8 Å². The molecule has 1 aliphatic rings. The number of anilines is 4. The average molecular weight is 386 g/mol. The van der Waals surface area contributed by atoms with E-state index in [9.17, 15) is 8.78 Å². The molecule has 0 saturated heterocycles. The van der Waals surface area contributed by atoms with Crippen LogP contribution in [0.5, 0.6) is 0 Å². The second-order valence-corrected chi connectivity index (χ2v) is 6.88. The molecule has 1 unspecified atom stereocenters. The quantitative estimate of drug-likeness (QED) is 0.596. The maximum atomic E-state index is 14.1. The molecule has 1 atom stereocenters. The van der Waals surface area contributed by atoms with Gasteiger partial charge in [0.15, 0.2) is 5.82 Å². The molecule has 1 aromatic carbocycles. The molecule has 4 N–H and O–H groups in total. The molecule has 1 saturated carbocycles. The fourth-order valence-electron chi connectivity index (χ4n) is 2.93. The van der Waals surface area contributed by atoms with E-state index in [1.807, 2.05) is 6.07 Å². The van der Waals surface area contributed by atoms with E-state index >= 15 is 0 Å². The molecule has 1 fully saturated rings. The molecular weight excluding hydrogens is 366 g/mol. The van der Waals surface area contributed by atoms with E-state index in [0.29, 0.717) is 11.7 Å². The summed E-state index contributed by atoms with van der Waals surface area (Å²) in [6, 6.07) is 4.71. The predicted molar refractivity (Wildman–Crippen MR) is 101 cm³/mol. The van der Waals surface area contributed by atoms with Gasteiger partial charge in [-0.05, 0) is 38.0 Å². The lowest BCUT2D eigenvalue weighted by atomic mass is 10.1. The van der Waals surface area contributed by atoms with Gasteiger partial charge in [0.25, 0.3) is 0 Å². The zero-order valence-corrected chi connectivity index (χ0v) is 15.4. The van der Waals surface area contributed by atoms with Gasteiger partial charge in [0, 0.05) is 30.3 Å². The van der Waals surface area contributed by atoms with Crippen LogP contribution >= 0.6 is 0 Å². The van der Waals surface area contributed by atoms with E-state index in [-0.39, 0.29) is 23.4 Å². The summed E-state index contributed by atoms with van der Waals surface area (Å²) in [5.74, 6) is 0.536. The number of nitrogens with two attached hydrogens (primary N) is 1.